The first kappa shape index (κ1) is 20.7. The van der Waals surface area contributed by atoms with Gasteiger partial charge in [0, 0.05) is 37.0 Å². The summed E-state index contributed by atoms with van der Waals surface area (Å²) < 4.78 is 0. The molecule has 0 aromatic rings. The van der Waals surface area contributed by atoms with Crippen LogP contribution in [0.3, 0.4) is 0 Å². The molecule has 140 valence electrons. The maximum atomic E-state index is 12.1. The quantitative estimate of drug-likeness (QED) is 0.463. The monoisotopic (exact) mass is 340 g/mol. The van der Waals surface area contributed by atoms with Crippen molar-refractivity contribution >= 4 is 11.9 Å². The summed E-state index contributed by atoms with van der Waals surface area (Å²) in [4.78, 5) is 18.7. The van der Waals surface area contributed by atoms with E-state index in [1.54, 1.807) is 0 Å². The highest BCUT2D eigenvalue weighted by molar-refractivity contribution is 5.81. The molecule has 0 aromatic heterocycles. The molecule has 0 aliphatic carbocycles. The first-order valence-corrected chi connectivity index (χ1v) is 9.35. The average molecular weight is 341 g/mol. The Morgan fingerprint density at radius 2 is 2.00 bits per heavy atom. The van der Waals surface area contributed by atoms with Crippen molar-refractivity contribution < 1.29 is 9.90 Å². The molecule has 1 unspecified atom stereocenters. The molecule has 3 N–H and O–H groups in total. The Hall–Kier alpha value is -1.30. The second kappa shape index (κ2) is 9.87. The second-order valence-corrected chi connectivity index (χ2v) is 7.13. The van der Waals surface area contributed by atoms with E-state index in [4.69, 9.17) is 4.99 Å². The van der Waals surface area contributed by atoms with Crippen molar-refractivity contribution in [2.45, 2.75) is 59.9 Å². The first-order valence-electron chi connectivity index (χ1n) is 9.35. The summed E-state index contributed by atoms with van der Waals surface area (Å²) in [6.45, 7) is 13.2. The van der Waals surface area contributed by atoms with E-state index in [0.717, 1.165) is 44.9 Å². The molecule has 0 radical (unpaired) electrons. The van der Waals surface area contributed by atoms with Crippen molar-refractivity contribution in [2.75, 3.05) is 32.8 Å². The SMILES string of the molecule is CCNC(=NCC(CC)(CC)CO)NC1CCN(C(=O)C(C)C)C1. The van der Waals surface area contributed by atoms with Crippen LogP contribution in [0.1, 0.15) is 53.9 Å². The number of likely N-dealkylation sites (tertiary alicyclic amines) is 1. The maximum Gasteiger partial charge on any atom is 0.225 e. The fourth-order valence-corrected chi connectivity index (χ4v) is 2.95. The average Bonchev–Trinajstić information content (AvgIpc) is 3.04. The Kier molecular flexibility index (Phi) is 8.53. The number of aliphatic hydroxyl groups excluding tert-OH is 1. The van der Waals surface area contributed by atoms with Gasteiger partial charge in [-0.15, -0.1) is 0 Å². The number of nitrogens with one attached hydrogen (secondary N) is 2. The Balaban J connectivity index is 2.66. The molecular formula is C18H36N4O2. The summed E-state index contributed by atoms with van der Waals surface area (Å²) >= 11 is 0. The smallest absolute Gasteiger partial charge is 0.225 e. The van der Waals surface area contributed by atoms with Crippen LogP contribution in [-0.2, 0) is 4.79 Å². The van der Waals surface area contributed by atoms with Crippen LogP contribution in [0.5, 0.6) is 0 Å². The molecule has 0 bridgehead atoms. The molecule has 0 aromatic carbocycles. The van der Waals surface area contributed by atoms with Crippen LogP contribution in [0, 0.1) is 11.3 Å². The van der Waals surface area contributed by atoms with Gasteiger partial charge in [-0.1, -0.05) is 27.7 Å². The summed E-state index contributed by atoms with van der Waals surface area (Å²) in [6.07, 6.45) is 2.75. The van der Waals surface area contributed by atoms with Crippen molar-refractivity contribution in [3.63, 3.8) is 0 Å². The number of amides is 1. The molecule has 1 amide bonds. The van der Waals surface area contributed by atoms with Crippen LogP contribution in [0.25, 0.3) is 0 Å². The van der Waals surface area contributed by atoms with Crippen LogP contribution in [0.4, 0.5) is 0 Å². The van der Waals surface area contributed by atoms with E-state index >= 15 is 0 Å². The van der Waals surface area contributed by atoms with Crippen molar-refractivity contribution in [2.24, 2.45) is 16.3 Å². The Bertz CT molecular complexity index is 411. The number of aliphatic hydroxyl groups is 1. The number of carbonyl (C=O) groups excluding carboxylic acids is 1. The second-order valence-electron chi connectivity index (χ2n) is 7.13. The lowest BCUT2D eigenvalue weighted by atomic mass is 9.83. The molecule has 1 heterocycles. The van der Waals surface area contributed by atoms with Gasteiger partial charge in [-0.25, -0.2) is 0 Å². The van der Waals surface area contributed by atoms with Crippen LogP contribution >= 0.6 is 0 Å². The number of guanidine groups is 1. The number of carbonyl (C=O) groups is 1. The molecule has 1 rings (SSSR count). The van der Waals surface area contributed by atoms with Crippen molar-refractivity contribution in [1.82, 2.24) is 15.5 Å². The van der Waals surface area contributed by atoms with Crippen LogP contribution in [0.15, 0.2) is 4.99 Å². The van der Waals surface area contributed by atoms with E-state index in [1.807, 2.05) is 25.7 Å². The third-order valence-corrected chi connectivity index (χ3v) is 5.09. The number of nitrogens with zero attached hydrogens (tertiary/aromatic N) is 2. The number of hydrogen-bond acceptors (Lipinski definition) is 3. The van der Waals surface area contributed by atoms with E-state index in [2.05, 4.69) is 24.5 Å². The van der Waals surface area contributed by atoms with Gasteiger partial charge in [-0.2, -0.15) is 0 Å². The van der Waals surface area contributed by atoms with Crippen LogP contribution in [-0.4, -0.2) is 60.7 Å². The van der Waals surface area contributed by atoms with Gasteiger partial charge < -0.3 is 20.6 Å². The van der Waals surface area contributed by atoms with Gasteiger partial charge in [-0.3, -0.25) is 9.79 Å². The van der Waals surface area contributed by atoms with Gasteiger partial charge in [0.2, 0.25) is 5.91 Å². The zero-order chi connectivity index (χ0) is 18.2. The maximum absolute atomic E-state index is 12.1. The highest BCUT2D eigenvalue weighted by Crippen LogP contribution is 2.25. The van der Waals surface area contributed by atoms with Gasteiger partial charge >= 0.3 is 0 Å². The Morgan fingerprint density at radius 3 is 2.50 bits per heavy atom. The Labute approximate surface area is 147 Å². The third kappa shape index (κ3) is 5.65. The summed E-state index contributed by atoms with van der Waals surface area (Å²) in [7, 11) is 0. The van der Waals surface area contributed by atoms with Gasteiger partial charge in [0.1, 0.15) is 0 Å². The number of aliphatic imine (C=N–C) groups is 1. The summed E-state index contributed by atoms with van der Waals surface area (Å²) in [5, 5.41) is 16.4. The molecule has 1 atom stereocenters. The van der Waals surface area contributed by atoms with Gasteiger partial charge in [-0.05, 0) is 26.2 Å². The molecule has 1 aliphatic heterocycles. The number of hydrogen-bond donors (Lipinski definition) is 3. The van der Waals surface area contributed by atoms with Crippen LogP contribution in [0.2, 0.25) is 0 Å². The molecule has 6 heteroatoms. The fraction of sp³-hybridized carbons (Fsp3) is 0.889. The normalized spacial score (nSPS) is 19.0. The Morgan fingerprint density at radius 1 is 1.33 bits per heavy atom. The largest absolute Gasteiger partial charge is 0.396 e. The number of rotatable bonds is 8. The predicted molar refractivity (Wildman–Crippen MR) is 99.0 cm³/mol. The third-order valence-electron chi connectivity index (χ3n) is 5.09. The lowest BCUT2D eigenvalue weighted by molar-refractivity contribution is -0.133. The zero-order valence-corrected chi connectivity index (χ0v) is 16.1. The molecule has 1 fully saturated rings. The standard InChI is InChI=1S/C18H36N4O2/c1-6-18(7-2,13-23)12-20-17(19-8-3)21-15-9-10-22(11-15)16(24)14(4)5/h14-15,23H,6-13H2,1-5H3,(H2,19,20,21). The molecule has 0 spiro atoms. The zero-order valence-electron chi connectivity index (χ0n) is 16.1. The van der Waals surface area contributed by atoms with E-state index in [0.29, 0.717) is 6.54 Å². The predicted octanol–water partition coefficient (Wildman–Crippen LogP) is 1.60. The van der Waals surface area contributed by atoms with Crippen LogP contribution < -0.4 is 10.6 Å². The van der Waals surface area contributed by atoms with E-state index < -0.39 is 0 Å². The highest BCUT2D eigenvalue weighted by Gasteiger charge is 2.29. The first-order chi connectivity index (χ1) is 11.4. The lowest BCUT2D eigenvalue weighted by Crippen LogP contribution is -2.46. The van der Waals surface area contributed by atoms with Crippen molar-refractivity contribution in [3.8, 4) is 0 Å². The molecular weight excluding hydrogens is 304 g/mol. The van der Waals surface area contributed by atoms with E-state index in [1.165, 1.54) is 0 Å². The molecule has 1 saturated heterocycles. The lowest BCUT2D eigenvalue weighted by Gasteiger charge is -2.28. The van der Waals surface area contributed by atoms with Crippen molar-refractivity contribution in [1.29, 1.82) is 0 Å². The van der Waals surface area contributed by atoms with Gasteiger partial charge in [0.15, 0.2) is 5.96 Å². The van der Waals surface area contributed by atoms with E-state index in [-0.39, 0.29) is 29.9 Å². The summed E-state index contributed by atoms with van der Waals surface area (Å²) in [6, 6.07) is 0.234. The van der Waals surface area contributed by atoms with E-state index in [9.17, 15) is 9.90 Å². The fourth-order valence-electron chi connectivity index (χ4n) is 2.95. The minimum Gasteiger partial charge on any atom is -0.396 e. The summed E-state index contributed by atoms with van der Waals surface area (Å²) in [5.74, 6) is 1.04. The molecule has 0 saturated carbocycles. The van der Waals surface area contributed by atoms with Gasteiger partial charge in [0.25, 0.3) is 0 Å². The minimum atomic E-state index is -0.141. The molecule has 1 aliphatic rings. The van der Waals surface area contributed by atoms with Crippen molar-refractivity contribution in [3.05, 3.63) is 0 Å². The summed E-state index contributed by atoms with van der Waals surface area (Å²) in [5.41, 5.74) is -0.141. The van der Waals surface area contributed by atoms with Gasteiger partial charge in [0.05, 0.1) is 13.2 Å². The minimum absolute atomic E-state index is 0.0462. The topological polar surface area (TPSA) is 77.0 Å². The highest BCUT2D eigenvalue weighted by atomic mass is 16.3. The molecule has 24 heavy (non-hydrogen) atoms. The molecule has 6 nitrogen and oxygen atoms in total.